The van der Waals surface area contributed by atoms with E-state index in [-0.39, 0.29) is 23.7 Å². The molecule has 1 aromatic carbocycles. The zero-order valence-electron chi connectivity index (χ0n) is 11.1. The molecular weight excluding hydrogens is 247 g/mol. The number of nitrogens with zero attached hydrogens (tertiary/aromatic N) is 1. The second-order valence-electron chi connectivity index (χ2n) is 4.79. The van der Waals surface area contributed by atoms with Gasteiger partial charge in [-0.25, -0.2) is 4.39 Å². The van der Waals surface area contributed by atoms with Crippen LogP contribution in [0.5, 0.6) is 0 Å². The first-order valence-corrected chi connectivity index (χ1v) is 6.33. The Balaban J connectivity index is 2.25. The molecule has 5 heteroatoms. The van der Waals surface area contributed by atoms with Crippen LogP contribution < -0.4 is 5.32 Å². The molecule has 1 aromatic rings. The summed E-state index contributed by atoms with van der Waals surface area (Å²) in [4.78, 5) is 24.1. The number of amides is 2. The second kappa shape index (κ2) is 5.38. The molecule has 0 bridgehead atoms. The first kappa shape index (κ1) is 13.5. The summed E-state index contributed by atoms with van der Waals surface area (Å²) in [5, 5.41) is 2.54. The molecule has 1 atom stereocenters. The largest absolute Gasteiger partial charge is 0.336 e. The number of hydrogen-bond donors (Lipinski definition) is 1. The molecule has 0 spiro atoms. The molecule has 1 aliphatic heterocycles. The number of likely N-dealkylation sites (tertiary alicyclic amines) is 1. The van der Waals surface area contributed by atoms with Gasteiger partial charge < -0.3 is 10.2 Å². The fourth-order valence-corrected chi connectivity index (χ4v) is 2.55. The van der Waals surface area contributed by atoms with Crippen LogP contribution in [0.1, 0.15) is 38.3 Å². The molecule has 1 heterocycles. The van der Waals surface area contributed by atoms with Crippen LogP contribution in [0.4, 0.5) is 10.1 Å². The standard InChI is InChI=1S/C14H17FN2O2/c1-9(18)16-11-5-6-12(13(15)8-11)14-4-3-7-17(14)10(2)19/h5-6,8,14H,3-4,7H2,1-2H3,(H,16,18). The van der Waals surface area contributed by atoms with Gasteiger partial charge in [-0.15, -0.1) is 0 Å². The molecule has 2 rings (SSSR count). The Hall–Kier alpha value is -1.91. The van der Waals surface area contributed by atoms with E-state index in [0.717, 1.165) is 12.8 Å². The molecule has 1 saturated heterocycles. The van der Waals surface area contributed by atoms with E-state index in [1.54, 1.807) is 17.0 Å². The van der Waals surface area contributed by atoms with Crippen LogP contribution in [0.25, 0.3) is 0 Å². The number of carbonyl (C=O) groups is 2. The topological polar surface area (TPSA) is 49.4 Å². The van der Waals surface area contributed by atoms with E-state index < -0.39 is 0 Å². The maximum atomic E-state index is 14.1. The van der Waals surface area contributed by atoms with Crippen molar-refractivity contribution in [2.45, 2.75) is 32.7 Å². The molecular formula is C14H17FN2O2. The summed E-state index contributed by atoms with van der Waals surface area (Å²) >= 11 is 0. The van der Waals surface area contributed by atoms with Gasteiger partial charge in [0.15, 0.2) is 0 Å². The molecule has 2 amide bonds. The summed E-state index contributed by atoms with van der Waals surface area (Å²) in [6.07, 6.45) is 1.66. The number of anilines is 1. The number of benzene rings is 1. The maximum Gasteiger partial charge on any atom is 0.221 e. The molecule has 1 aliphatic rings. The maximum absolute atomic E-state index is 14.1. The normalized spacial score (nSPS) is 18.5. The van der Waals surface area contributed by atoms with Crippen molar-refractivity contribution in [2.75, 3.05) is 11.9 Å². The first-order chi connectivity index (χ1) is 8.99. The van der Waals surface area contributed by atoms with Crippen LogP contribution in [0, 0.1) is 5.82 Å². The van der Waals surface area contributed by atoms with Gasteiger partial charge in [-0.3, -0.25) is 9.59 Å². The average molecular weight is 264 g/mol. The van der Waals surface area contributed by atoms with Crippen molar-refractivity contribution >= 4 is 17.5 Å². The SMILES string of the molecule is CC(=O)Nc1ccc(C2CCCN2C(C)=O)c(F)c1. The Bertz CT molecular complexity index is 516. The molecule has 0 saturated carbocycles. The highest BCUT2D eigenvalue weighted by Gasteiger charge is 2.29. The van der Waals surface area contributed by atoms with Crippen LogP contribution in [0.2, 0.25) is 0 Å². The molecule has 0 aliphatic carbocycles. The molecule has 0 aromatic heterocycles. The molecule has 1 N–H and O–H groups in total. The van der Waals surface area contributed by atoms with Gasteiger partial charge in [0.1, 0.15) is 5.82 Å². The summed E-state index contributed by atoms with van der Waals surface area (Å²) in [6.45, 7) is 3.55. The number of halogens is 1. The lowest BCUT2D eigenvalue weighted by molar-refractivity contribution is -0.129. The van der Waals surface area contributed by atoms with Gasteiger partial charge in [-0.2, -0.15) is 0 Å². The van der Waals surface area contributed by atoms with Crippen LogP contribution in [-0.2, 0) is 9.59 Å². The van der Waals surface area contributed by atoms with Crippen molar-refractivity contribution < 1.29 is 14.0 Å². The van der Waals surface area contributed by atoms with Gasteiger partial charge in [-0.1, -0.05) is 6.07 Å². The van der Waals surface area contributed by atoms with Crippen LogP contribution in [0.3, 0.4) is 0 Å². The van der Waals surface area contributed by atoms with Gasteiger partial charge in [-0.05, 0) is 25.0 Å². The summed E-state index contributed by atoms with van der Waals surface area (Å²) in [5.41, 5.74) is 0.947. The minimum Gasteiger partial charge on any atom is -0.336 e. The van der Waals surface area contributed by atoms with Gasteiger partial charge in [0, 0.05) is 31.6 Å². The lowest BCUT2D eigenvalue weighted by Gasteiger charge is -2.24. The molecule has 102 valence electrons. The van der Waals surface area contributed by atoms with Crippen LogP contribution in [-0.4, -0.2) is 23.3 Å². The van der Waals surface area contributed by atoms with Gasteiger partial charge in [0.2, 0.25) is 11.8 Å². The lowest BCUT2D eigenvalue weighted by Crippen LogP contribution is -2.28. The van der Waals surface area contributed by atoms with Crippen molar-refractivity contribution in [3.8, 4) is 0 Å². The van der Waals surface area contributed by atoms with Crippen LogP contribution in [0.15, 0.2) is 18.2 Å². The number of carbonyl (C=O) groups excluding carboxylic acids is 2. The van der Waals surface area contributed by atoms with E-state index in [9.17, 15) is 14.0 Å². The van der Waals surface area contributed by atoms with E-state index in [4.69, 9.17) is 0 Å². The molecule has 4 nitrogen and oxygen atoms in total. The Morgan fingerprint density at radius 3 is 2.68 bits per heavy atom. The average Bonchev–Trinajstić information content (AvgIpc) is 2.77. The lowest BCUT2D eigenvalue weighted by atomic mass is 10.0. The summed E-state index contributed by atoms with van der Waals surface area (Å²) in [5.74, 6) is -0.657. The molecule has 1 unspecified atom stereocenters. The van der Waals surface area contributed by atoms with Crippen molar-refractivity contribution in [3.63, 3.8) is 0 Å². The third kappa shape index (κ3) is 2.92. The third-order valence-electron chi connectivity index (χ3n) is 3.34. The Labute approximate surface area is 111 Å². The van der Waals surface area contributed by atoms with Gasteiger partial charge in [0.05, 0.1) is 6.04 Å². The second-order valence-corrected chi connectivity index (χ2v) is 4.79. The quantitative estimate of drug-likeness (QED) is 0.892. The van der Waals surface area contributed by atoms with Crippen LogP contribution >= 0.6 is 0 Å². The van der Waals surface area contributed by atoms with Gasteiger partial charge in [0.25, 0.3) is 0 Å². The highest BCUT2D eigenvalue weighted by Crippen LogP contribution is 2.34. The Kier molecular flexibility index (Phi) is 3.83. The zero-order chi connectivity index (χ0) is 14.0. The minimum atomic E-state index is -0.385. The van der Waals surface area contributed by atoms with E-state index in [1.165, 1.54) is 19.9 Å². The smallest absolute Gasteiger partial charge is 0.221 e. The number of hydrogen-bond acceptors (Lipinski definition) is 2. The Morgan fingerprint density at radius 1 is 1.37 bits per heavy atom. The third-order valence-corrected chi connectivity index (χ3v) is 3.34. The first-order valence-electron chi connectivity index (χ1n) is 6.33. The minimum absolute atomic E-state index is 0.0344. The fourth-order valence-electron chi connectivity index (χ4n) is 2.55. The van der Waals surface area contributed by atoms with Crippen molar-refractivity contribution in [3.05, 3.63) is 29.6 Å². The molecule has 19 heavy (non-hydrogen) atoms. The monoisotopic (exact) mass is 264 g/mol. The van der Waals surface area contributed by atoms with E-state index >= 15 is 0 Å². The predicted molar refractivity (Wildman–Crippen MR) is 70.1 cm³/mol. The highest BCUT2D eigenvalue weighted by atomic mass is 19.1. The predicted octanol–water partition coefficient (Wildman–Crippen LogP) is 2.47. The van der Waals surface area contributed by atoms with Crippen molar-refractivity contribution in [2.24, 2.45) is 0 Å². The molecule has 0 radical (unpaired) electrons. The van der Waals surface area contributed by atoms with Crippen molar-refractivity contribution in [1.82, 2.24) is 4.90 Å². The Morgan fingerprint density at radius 2 is 2.11 bits per heavy atom. The zero-order valence-corrected chi connectivity index (χ0v) is 11.1. The van der Waals surface area contributed by atoms with E-state index in [0.29, 0.717) is 17.8 Å². The van der Waals surface area contributed by atoms with E-state index in [1.807, 2.05) is 0 Å². The molecule has 1 fully saturated rings. The van der Waals surface area contributed by atoms with Gasteiger partial charge >= 0.3 is 0 Å². The summed E-state index contributed by atoms with van der Waals surface area (Å²) in [7, 11) is 0. The number of rotatable bonds is 2. The number of nitrogens with one attached hydrogen (secondary N) is 1. The fraction of sp³-hybridized carbons (Fsp3) is 0.429. The summed E-state index contributed by atoms with van der Waals surface area (Å²) in [6, 6.07) is 4.42. The van der Waals surface area contributed by atoms with Crippen molar-refractivity contribution in [1.29, 1.82) is 0 Å². The summed E-state index contributed by atoms with van der Waals surface area (Å²) < 4.78 is 14.1. The highest BCUT2D eigenvalue weighted by molar-refractivity contribution is 5.88. The van der Waals surface area contributed by atoms with E-state index in [2.05, 4.69) is 5.32 Å².